The van der Waals surface area contributed by atoms with E-state index in [0.29, 0.717) is 6.08 Å². The first-order valence-electron chi connectivity index (χ1n) is 3.07. The van der Waals surface area contributed by atoms with E-state index in [1.807, 2.05) is 0 Å². The zero-order valence-electron chi connectivity index (χ0n) is 6.17. The molecule has 11 heavy (non-hydrogen) atoms. The Morgan fingerprint density at radius 2 is 2.18 bits per heavy atom. The second-order valence-electron chi connectivity index (χ2n) is 1.73. The van der Waals surface area contributed by atoms with Crippen molar-refractivity contribution in [3.8, 4) is 0 Å². The molecule has 0 spiro atoms. The molecule has 4 heteroatoms. The molecule has 0 saturated heterocycles. The Hall–Kier alpha value is -1.19. The normalized spacial score (nSPS) is 14.0. The molecule has 0 aliphatic heterocycles. The minimum atomic E-state index is -2.48. The highest BCUT2D eigenvalue weighted by molar-refractivity contribution is 5.91. The molecular weight excluding hydrogens is 150 g/mol. The molecule has 0 bridgehead atoms. The van der Waals surface area contributed by atoms with Crippen molar-refractivity contribution in [1.29, 1.82) is 0 Å². The smallest absolute Gasteiger partial charge is 0.257 e. The van der Waals surface area contributed by atoms with Crippen LogP contribution in [0.3, 0.4) is 0 Å². The van der Waals surface area contributed by atoms with Crippen molar-refractivity contribution in [2.45, 2.75) is 13.3 Å². The van der Waals surface area contributed by atoms with Gasteiger partial charge >= 0.3 is 0 Å². The van der Waals surface area contributed by atoms with Crippen molar-refractivity contribution in [1.82, 2.24) is 0 Å². The van der Waals surface area contributed by atoms with Gasteiger partial charge in [-0.25, -0.2) is 13.8 Å². The van der Waals surface area contributed by atoms with Crippen molar-refractivity contribution < 1.29 is 8.78 Å². The maximum Gasteiger partial charge on any atom is 0.257 e. The number of hydrogen-bond acceptors (Lipinski definition) is 1. The SMILES string of the molecule is C\C=C/N=C(N)\C=C\C(F)F. The summed E-state index contributed by atoms with van der Waals surface area (Å²) in [5.74, 6) is 0.0726. The van der Waals surface area contributed by atoms with Gasteiger partial charge in [-0.3, -0.25) is 0 Å². The van der Waals surface area contributed by atoms with Crippen LogP contribution in [0.5, 0.6) is 0 Å². The summed E-state index contributed by atoms with van der Waals surface area (Å²) >= 11 is 0. The summed E-state index contributed by atoms with van der Waals surface area (Å²) in [6, 6.07) is 0. The molecule has 0 fully saturated rings. The van der Waals surface area contributed by atoms with E-state index in [0.717, 1.165) is 6.08 Å². The number of alkyl halides is 2. The molecule has 0 aliphatic rings. The van der Waals surface area contributed by atoms with Crippen LogP contribution >= 0.6 is 0 Å². The topological polar surface area (TPSA) is 38.4 Å². The Bertz CT molecular complexity index is 183. The van der Waals surface area contributed by atoms with E-state index in [1.54, 1.807) is 13.0 Å². The van der Waals surface area contributed by atoms with E-state index >= 15 is 0 Å². The van der Waals surface area contributed by atoms with Gasteiger partial charge in [-0.1, -0.05) is 6.08 Å². The van der Waals surface area contributed by atoms with Gasteiger partial charge in [-0.2, -0.15) is 0 Å². The molecule has 2 N–H and O–H groups in total. The number of nitrogens with two attached hydrogens (primary N) is 1. The third-order valence-electron chi connectivity index (χ3n) is 0.785. The lowest BCUT2D eigenvalue weighted by Crippen LogP contribution is -2.07. The van der Waals surface area contributed by atoms with Crippen LogP contribution in [-0.4, -0.2) is 12.3 Å². The first-order chi connectivity index (χ1) is 5.16. The summed E-state index contributed by atoms with van der Waals surface area (Å²) in [5.41, 5.74) is 5.19. The fourth-order valence-corrected chi connectivity index (χ4v) is 0.375. The third kappa shape index (κ3) is 6.70. The number of nitrogens with zero attached hydrogens (tertiary/aromatic N) is 1. The predicted octanol–water partition coefficient (Wildman–Crippen LogP) is 1.70. The lowest BCUT2D eigenvalue weighted by Gasteiger charge is -1.88. The highest BCUT2D eigenvalue weighted by Gasteiger charge is 1.92. The van der Waals surface area contributed by atoms with E-state index in [9.17, 15) is 8.78 Å². The second-order valence-corrected chi connectivity index (χ2v) is 1.73. The number of allylic oxidation sites excluding steroid dienone is 2. The van der Waals surface area contributed by atoms with E-state index in [1.165, 1.54) is 6.20 Å². The van der Waals surface area contributed by atoms with Gasteiger partial charge in [0.15, 0.2) is 0 Å². The number of rotatable bonds is 3. The fourth-order valence-electron chi connectivity index (χ4n) is 0.375. The molecular formula is C7H10F2N2. The summed E-state index contributed by atoms with van der Waals surface area (Å²) in [4.78, 5) is 3.61. The molecule has 0 saturated carbocycles. The van der Waals surface area contributed by atoms with Gasteiger partial charge in [0.1, 0.15) is 5.84 Å². The summed E-state index contributed by atoms with van der Waals surface area (Å²) in [6.07, 6.45) is 2.37. The molecule has 0 rings (SSSR count). The number of halogens is 2. The molecule has 0 unspecified atom stereocenters. The van der Waals surface area contributed by atoms with Crippen LogP contribution in [0.1, 0.15) is 6.92 Å². The largest absolute Gasteiger partial charge is 0.384 e. The van der Waals surface area contributed by atoms with Crippen LogP contribution in [0, 0.1) is 0 Å². The van der Waals surface area contributed by atoms with E-state index in [2.05, 4.69) is 4.99 Å². The monoisotopic (exact) mass is 160 g/mol. The molecule has 2 nitrogen and oxygen atoms in total. The van der Waals surface area contributed by atoms with Gasteiger partial charge < -0.3 is 5.73 Å². The third-order valence-corrected chi connectivity index (χ3v) is 0.785. The van der Waals surface area contributed by atoms with Crippen molar-refractivity contribution >= 4 is 5.84 Å². The lowest BCUT2D eigenvalue weighted by atomic mass is 10.5. The van der Waals surface area contributed by atoms with Crippen LogP contribution in [0.25, 0.3) is 0 Å². The van der Waals surface area contributed by atoms with Gasteiger partial charge in [0, 0.05) is 6.20 Å². The number of aliphatic imine (C=N–C) groups is 1. The molecule has 0 heterocycles. The Labute approximate surface area is 64.1 Å². The molecule has 0 atom stereocenters. The van der Waals surface area contributed by atoms with Crippen LogP contribution in [-0.2, 0) is 0 Å². The highest BCUT2D eigenvalue weighted by atomic mass is 19.3. The van der Waals surface area contributed by atoms with Crippen LogP contribution in [0.15, 0.2) is 29.4 Å². The van der Waals surface area contributed by atoms with Gasteiger partial charge in [-0.05, 0) is 19.1 Å². The highest BCUT2D eigenvalue weighted by Crippen LogP contribution is 1.92. The quantitative estimate of drug-likeness (QED) is 0.495. The first-order valence-corrected chi connectivity index (χ1v) is 3.07. The molecule has 0 aromatic heterocycles. The number of hydrogen-bond donors (Lipinski definition) is 1. The average Bonchev–Trinajstić information content (AvgIpc) is 1.97. The summed E-state index contributed by atoms with van der Waals surface area (Å²) in [5, 5.41) is 0. The number of amidine groups is 1. The first kappa shape index (κ1) is 9.81. The van der Waals surface area contributed by atoms with Gasteiger partial charge in [0.25, 0.3) is 6.43 Å². The zero-order valence-corrected chi connectivity index (χ0v) is 6.17. The zero-order chi connectivity index (χ0) is 8.69. The molecule has 0 amide bonds. The predicted molar refractivity (Wildman–Crippen MR) is 41.6 cm³/mol. The van der Waals surface area contributed by atoms with Crippen LogP contribution in [0.4, 0.5) is 8.78 Å². The minimum Gasteiger partial charge on any atom is -0.384 e. The summed E-state index contributed by atoms with van der Waals surface area (Å²) in [6.45, 7) is 1.76. The fraction of sp³-hybridized carbons (Fsp3) is 0.286. The van der Waals surface area contributed by atoms with Crippen LogP contribution < -0.4 is 5.73 Å². The maximum absolute atomic E-state index is 11.5. The van der Waals surface area contributed by atoms with Crippen molar-refractivity contribution in [3.05, 3.63) is 24.4 Å². The van der Waals surface area contributed by atoms with E-state index in [4.69, 9.17) is 5.73 Å². The molecule has 0 aromatic carbocycles. The standard InChI is InChI=1S/C7H10F2N2/c1-2-5-11-7(10)4-3-6(8)9/h2-6H,1H3,(H2,10,11)/b4-3+,5-2-. The Kier molecular flexibility index (Phi) is 4.98. The molecule has 0 radical (unpaired) electrons. The summed E-state index contributed by atoms with van der Waals surface area (Å²) < 4.78 is 23.0. The Morgan fingerprint density at radius 3 is 2.64 bits per heavy atom. The van der Waals surface area contributed by atoms with Crippen molar-refractivity contribution in [3.63, 3.8) is 0 Å². The van der Waals surface area contributed by atoms with Crippen LogP contribution in [0.2, 0.25) is 0 Å². The lowest BCUT2D eigenvalue weighted by molar-refractivity contribution is 0.204. The minimum absolute atomic E-state index is 0.0726. The molecule has 0 aromatic rings. The van der Waals surface area contributed by atoms with E-state index < -0.39 is 6.43 Å². The Morgan fingerprint density at radius 1 is 1.55 bits per heavy atom. The van der Waals surface area contributed by atoms with Gasteiger partial charge in [-0.15, -0.1) is 0 Å². The Balaban J connectivity index is 3.94. The van der Waals surface area contributed by atoms with Gasteiger partial charge in [0.05, 0.1) is 0 Å². The molecule has 62 valence electrons. The maximum atomic E-state index is 11.5. The van der Waals surface area contributed by atoms with Crippen molar-refractivity contribution in [2.75, 3.05) is 0 Å². The summed E-state index contributed by atoms with van der Waals surface area (Å²) in [7, 11) is 0. The van der Waals surface area contributed by atoms with Gasteiger partial charge in [0.2, 0.25) is 0 Å². The average molecular weight is 160 g/mol. The molecule has 0 aliphatic carbocycles. The second kappa shape index (κ2) is 5.58. The van der Waals surface area contributed by atoms with E-state index in [-0.39, 0.29) is 5.84 Å². The van der Waals surface area contributed by atoms with Crippen molar-refractivity contribution in [2.24, 2.45) is 10.7 Å².